The van der Waals surface area contributed by atoms with Crippen molar-refractivity contribution in [2.75, 3.05) is 13.2 Å². The molecule has 0 spiro atoms. The second-order valence-electron chi connectivity index (χ2n) is 2.15. The molecule has 0 unspecified atom stereocenters. The van der Waals surface area contributed by atoms with Crippen LogP contribution in [-0.2, 0) is 18.4 Å². The molecule has 0 saturated heterocycles. The lowest BCUT2D eigenvalue weighted by atomic mass is 10.8. The predicted octanol–water partition coefficient (Wildman–Crippen LogP) is 2.61. The van der Waals surface area contributed by atoms with Crippen LogP contribution in [0, 0.1) is 0 Å². The fraction of sp³-hybridized carbons (Fsp3) is 0.833. The largest absolute Gasteiger partial charge is 0.417 e. The number of hydrogen-bond acceptors (Lipinski definition) is 4. The minimum absolute atomic E-state index is 0.267. The van der Waals surface area contributed by atoms with Crippen LogP contribution in [0.2, 0.25) is 0 Å². The molecule has 0 aromatic rings. The molecule has 0 radical (unpaired) electrons. The highest BCUT2D eigenvalue weighted by molar-refractivity contribution is 7.56. The standard InChI is InChI=1S/C6H10ClF2O4P/c1-3-12-14(11,13-4-2)6(8,9)5(7)10/h3-4H2,1-2H3. The lowest BCUT2D eigenvalue weighted by Crippen LogP contribution is -2.27. The molecule has 0 atom stereocenters. The Hall–Kier alpha value is -0.0300. The van der Waals surface area contributed by atoms with Gasteiger partial charge in [0.05, 0.1) is 13.2 Å². The summed E-state index contributed by atoms with van der Waals surface area (Å²) >= 11 is 4.60. The van der Waals surface area contributed by atoms with Crippen molar-refractivity contribution >= 4 is 24.4 Å². The number of carbonyl (C=O) groups excluding carboxylic acids is 1. The summed E-state index contributed by atoms with van der Waals surface area (Å²) in [5.41, 5.74) is -4.30. The van der Waals surface area contributed by atoms with E-state index in [2.05, 4.69) is 20.6 Å². The number of rotatable bonds is 6. The Labute approximate surface area is 85.0 Å². The van der Waals surface area contributed by atoms with Crippen LogP contribution in [0.1, 0.15) is 13.8 Å². The van der Waals surface area contributed by atoms with Gasteiger partial charge in [0.1, 0.15) is 0 Å². The number of carbonyl (C=O) groups is 1. The summed E-state index contributed by atoms with van der Waals surface area (Å²) in [6.45, 7) is 2.16. The lowest BCUT2D eigenvalue weighted by molar-refractivity contribution is -0.126. The minimum atomic E-state index is -4.79. The van der Waals surface area contributed by atoms with Crippen LogP contribution in [0.25, 0.3) is 0 Å². The Balaban J connectivity index is 4.99. The molecule has 0 aromatic carbocycles. The van der Waals surface area contributed by atoms with Gasteiger partial charge >= 0.3 is 18.5 Å². The summed E-state index contributed by atoms with van der Waals surface area (Å²) < 4.78 is 45.9. The molecule has 0 aliphatic heterocycles. The molecule has 84 valence electrons. The molecule has 0 heterocycles. The van der Waals surface area contributed by atoms with Crippen molar-refractivity contribution < 1.29 is 27.2 Å². The summed E-state index contributed by atoms with van der Waals surface area (Å²) in [7, 11) is -4.79. The molecule has 0 fully saturated rings. The normalized spacial score (nSPS) is 12.9. The van der Waals surface area contributed by atoms with Gasteiger partial charge in [0.2, 0.25) is 0 Å². The van der Waals surface area contributed by atoms with Crippen molar-refractivity contribution in [3.8, 4) is 0 Å². The monoisotopic (exact) mass is 250 g/mol. The maximum Gasteiger partial charge on any atom is 0.417 e. The maximum atomic E-state index is 13.0. The van der Waals surface area contributed by atoms with Crippen LogP contribution in [-0.4, -0.2) is 24.1 Å². The number of alkyl halides is 2. The first kappa shape index (κ1) is 14.0. The third-order valence-electron chi connectivity index (χ3n) is 1.18. The van der Waals surface area contributed by atoms with Gasteiger partial charge in [-0.1, -0.05) is 0 Å². The second kappa shape index (κ2) is 5.16. The molecule has 0 aliphatic carbocycles. The van der Waals surface area contributed by atoms with Crippen LogP contribution < -0.4 is 0 Å². The van der Waals surface area contributed by atoms with Crippen LogP contribution in [0.5, 0.6) is 0 Å². The zero-order valence-corrected chi connectivity index (χ0v) is 9.28. The van der Waals surface area contributed by atoms with Crippen molar-refractivity contribution in [1.82, 2.24) is 0 Å². The third kappa shape index (κ3) is 2.73. The predicted molar refractivity (Wildman–Crippen MR) is 46.7 cm³/mol. The Kier molecular flexibility index (Phi) is 5.15. The summed E-state index contributed by atoms with van der Waals surface area (Å²) in [6.07, 6.45) is 0. The average Bonchev–Trinajstić information content (AvgIpc) is 2.04. The van der Waals surface area contributed by atoms with E-state index >= 15 is 0 Å². The van der Waals surface area contributed by atoms with Gasteiger partial charge < -0.3 is 9.05 Å². The SMILES string of the molecule is CCOP(=O)(OCC)C(F)(F)C(=O)Cl. The molecule has 8 heteroatoms. The molecule has 0 N–H and O–H groups in total. The number of halogens is 3. The Bertz CT molecular complexity index is 248. The van der Waals surface area contributed by atoms with Crippen molar-refractivity contribution in [3.05, 3.63) is 0 Å². The summed E-state index contributed by atoms with van der Waals surface area (Å²) in [4.78, 5) is 10.3. The second-order valence-corrected chi connectivity index (χ2v) is 4.56. The van der Waals surface area contributed by atoms with Crippen LogP contribution in [0.4, 0.5) is 8.78 Å². The van der Waals surface area contributed by atoms with Crippen molar-refractivity contribution in [1.29, 1.82) is 0 Å². The minimum Gasteiger partial charge on any atom is -0.304 e. The van der Waals surface area contributed by atoms with E-state index in [0.29, 0.717) is 0 Å². The van der Waals surface area contributed by atoms with E-state index in [1.54, 1.807) is 0 Å². The highest BCUT2D eigenvalue weighted by atomic mass is 35.5. The molecule has 4 nitrogen and oxygen atoms in total. The van der Waals surface area contributed by atoms with E-state index in [1.807, 2.05) is 0 Å². The Morgan fingerprint density at radius 2 is 1.71 bits per heavy atom. The van der Waals surface area contributed by atoms with Crippen molar-refractivity contribution in [3.63, 3.8) is 0 Å². The molecule has 14 heavy (non-hydrogen) atoms. The van der Waals surface area contributed by atoms with Crippen LogP contribution in [0.3, 0.4) is 0 Å². The molecule has 0 rings (SSSR count). The zero-order valence-electron chi connectivity index (χ0n) is 7.63. The van der Waals surface area contributed by atoms with Crippen molar-refractivity contribution in [2.45, 2.75) is 19.5 Å². The Morgan fingerprint density at radius 1 is 1.36 bits per heavy atom. The van der Waals surface area contributed by atoms with Gasteiger partial charge in [0.15, 0.2) is 0 Å². The zero-order chi connectivity index (χ0) is 11.4. The summed E-state index contributed by atoms with van der Waals surface area (Å²) in [5, 5.41) is -2.05. The average molecular weight is 251 g/mol. The fourth-order valence-electron chi connectivity index (χ4n) is 0.647. The van der Waals surface area contributed by atoms with E-state index < -0.39 is 18.5 Å². The highest BCUT2D eigenvalue weighted by Crippen LogP contribution is 2.62. The van der Waals surface area contributed by atoms with Gasteiger partial charge in [-0.2, -0.15) is 8.78 Å². The van der Waals surface area contributed by atoms with E-state index in [0.717, 1.165) is 0 Å². The van der Waals surface area contributed by atoms with E-state index in [4.69, 9.17) is 0 Å². The first-order chi connectivity index (χ1) is 6.31. The first-order valence-corrected chi connectivity index (χ1v) is 5.70. The van der Waals surface area contributed by atoms with Crippen LogP contribution in [0.15, 0.2) is 0 Å². The molecule has 0 bridgehead atoms. The van der Waals surface area contributed by atoms with Crippen molar-refractivity contribution in [2.24, 2.45) is 0 Å². The van der Waals surface area contributed by atoms with E-state index in [9.17, 15) is 18.1 Å². The van der Waals surface area contributed by atoms with Crippen LogP contribution >= 0.6 is 19.2 Å². The molecular formula is C6H10ClF2O4P. The molecule has 0 amide bonds. The smallest absolute Gasteiger partial charge is 0.304 e. The molecule has 0 saturated carbocycles. The topological polar surface area (TPSA) is 52.6 Å². The van der Waals surface area contributed by atoms with Gasteiger partial charge in [0.25, 0.3) is 0 Å². The summed E-state index contributed by atoms with van der Waals surface area (Å²) in [5.74, 6) is 0. The van der Waals surface area contributed by atoms with Gasteiger partial charge in [0, 0.05) is 0 Å². The quantitative estimate of drug-likeness (QED) is 0.537. The van der Waals surface area contributed by atoms with Gasteiger partial charge in [-0.15, -0.1) is 0 Å². The van der Waals surface area contributed by atoms with E-state index in [1.165, 1.54) is 13.8 Å². The molecular weight excluding hydrogens is 240 g/mol. The fourth-order valence-corrected chi connectivity index (χ4v) is 2.25. The molecule has 0 aromatic heterocycles. The van der Waals surface area contributed by atoms with Gasteiger partial charge in [-0.25, -0.2) is 0 Å². The van der Waals surface area contributed by atoms with Gasteiger partial charge in [-0.05, 0) is 25.4 Å². The third-order valence-corrected chi connectivity index (χ3v) is 3.63. The van der Waals surface area contributed by atoms with Gasteiger partial charge in [-0.3, -0.25) is 9.36 Å². The lowest BCUT2D eigenvalue weighted by Gasteiger charge is -2.22. The first-order valence-electron chi connectivity index (χ1n) is 3.78. The van der Waals surface area contributed by atoms with E-state index in [-0.39, 0.29) is 13.2 Å². The molecule has 0 aliphatic rings. The Morgan fingerprint density at radius 3 is 1.93 bits per heavy atom. The highest BCUT2D eigenvalue weighted by Gasteiger charge is 2.59. The number of hydrogen-bond donors (Lipinski definition) is 0. The maximum absolute atomic E-state index is 13.0. The summed E-state index contributed by atoms with van der Waals surface area (Å²) in [6, 6.07) is 0.